The van der Waals surface area contributed by atoms with Crippen molar-refractivity contribution in [2.45, 2.75) is 59.4 Å². The molecule has 1 amide bonds. The van der Waals surface area contributed by atoms with E-state index in [4.69, 9.17) is 10.8 Å². The molecule has 0 radical (unpaired) electrons. The van der Waals surface area contributed by atoms with Gasteiger partial charge in [-0.1, -0.05) is 13.8 Å². The Morgan fingerprint density at radius 2 is 1.63 bits per heavy atom. The summed E-state index contributed by atoms with van der Waals surface area (Å²) in [7, 11) is 0. The molecule has 0 aromatic heterocycles. The Morgan fingerprint density at radius 1 is 1.16 bits per heavy atom. The molecule has 5 heteroatoms. The maximum absolute atomic E-state index is 12.8. The molecular weight excluding hydrogens is 244 g/mol. The zero-order valence-electron chi connectivity index (χ0n) is 12.8. The van der Waals surface area contributed by atoms with Crippen molar-refractivity contribution in [3.05, 3.63) is 0 Å². The number of carbonyl (C=O) groups is 2. The van der Waals surface area contributed by atoms with E-state index in [-0.39, 0.29) is 18.9 Å². The molecule has 0 aliphatic carbocycles. The van der Waals surface area contributed by atoms with E-state index in [2.05, 4.69) is 0 Å². The first kappa shape index (κ1) is 17.9. The van der Waals surface area contributed by atoms with Crippen molar-refractivity contribution in [1.82, 2.24) is 4.90 Å². The van der Waals surface area contributed by atoms with E-state index in [1.807, 2.05) is 34.6 Å². The summed E-state index contributed by atoms with van der Waals surface area (Å²) in [4.78, 5) is 25.2. The van der Waals surface area contributed by atoms with Gasteiger partial charge in [0.15, 0.2) is 0 Å². The van der Waals surface area contributed by atoms with Crippen LogP contribution in [0.15, 0.2) is 0 Å². The molecule has 0 atom stereocenters. The van der Waals surface area contributed by atoms with Gasteiger partial charge in [-0.2, -0.15) is 0 Å². The summed E-state index contributed by atoms with van der Waals surface area (Å²) in [5.41, 5.74) is 4.82. The van der Waals surface area contributed by atoms with Crippen LogP contribution in [0.5, 0.6) is 0 Å². The second-order valence-corrected chi connectivity index (χ2v) is 5.96. The summed E-state index contributed by atoms with van der Waals surface area (Å²) in [6, 6.07) is 0. The highest BCUT2D eigenvalue weighted by molar-refractivity contribution is 5.84. The third-order valence-corrected chi connectivity index (χ3v) is 3.80. The topological polar surface area (TPSA) is 83.6 Å². The van der Waals surface area contributed by atoms with Gasteiger partial charge in [-0.05, 0) is 33.6 Å². The van der Waals surface area contributed by atoms with E-state index < -0.39 is 16.9 Å². The average molecular weight is 272 g/mol. The fourth-order valence-electron chi connectivity index (χ4n) is 2.16. The molecule has 5 nitrogen and oxygen atoms in total. The van der Waals surface area contributed by atoms with E-state index in [1.165, 1.54) is 0 Å². The molecule has 0 heterocycles. The minimum atomic E-state index is -0.895. The lowest BCUT2D eigenvalue weighted by Gasteiger charge is -2.42. The monoisotopic (exact) mass is 272 g/mol. The number of nitrogens with zero attached hydrogens (tertiary/aromatic N) is 1. The maximum atomic E-state index is 12.8. The first-order valence-electron chi connectivity index (χ1n) is 6.88. The maximum Gasteiger partial charge on any atom is 0.305 e. The van der Waals surface area contributed by atoms with Crippen LogP contribution >= 0.6 is 0 Å². The molecule has 0 aliphatic rings. The fraction of sp³-hybridized carbons (Fsp3) is 0.857. The molecule has 0 aromatic carbocycles. The lowest BCUT2D eigenvalue weighted by Crippen LogP contribution is -2.55. The van der Waals surface area contributed by atoms with Crippen LogP contribution in [-0.2, 0) is 9.59 Å². The standard InChI is InChI=1S/C14H28N2O3/c1-6-14(7-2,10-15)12(19)16(13(3,4)5)9-8-11(17)18/h6-10,15H2,1-5H3,(H,17,18). The van der Waals surface area contributed by atoms with Gasteiger partial charge in [0.25, 0.3) is 0 Å². The van der Waals surface area contributed by atoms with Crippen LogP contribution in [0.4, 0.5) is 0 Å². The Labute approximate surface area is 116 Å². The number of carboxylic acids is 1. The number of carboxylic acid groups (broad SMARTS) is 1. The van der Waals surface area contributed by atoms with Gasteiger partial charge in [-0.25, -0.2) is 0 Å². The van der Waals surface area contributed by atoms with Crippen LogP contribution in [0.25, 0.3) is 0 Å². The Morgan fingerprint density at radius 3 is 1.89 bits per heavy atom. The third kappa shape index (κ3) is 4.49. The lowest BCUT2D eigenvalue weighted by atomic mass is 9.80. The second-order valence-electron chi connectivity index (χ2n) is 5.96. The molecule has 0 rings (SSSR count). The van der Waals surface area contributed by atoms with E-state index in [0.29, 0.717) is 19.4 Å². The number of hydrogen-bond donors (Lipinski definition) is 2. The summed E-state index contributed by atoms with van der Waals surface area (Å²) in [5.74, 6) is -0.929. The van der Waals surface area contributed by atoms with E-state index in [9.17, 15) is 9.59 Å². The number of hydrogen-bond acceptors (Lipinski definition) is 3. The van der Waals surface area contributed by atoms with Crippen LogP contribution < -0.4 is 5.73 Å². The molecule has 112 valence electrons. The Kier molecular flexibility index (Phi) is 6.49. The number of aliphatic carboxylic acids is 1. The SMILES string of the molecule is CCC(CC)(CN)C(=O)N(CCC(=O)O)C(C)(C)C. The highest BCUT2D eigenvalue weighted by Crippen LogP contribution is 2.31. The molecule has 0 bridgehead atoms. The highest BCUT2D eigenvalue weighted by Gasteiger charge is 2.40. The minimum Gasteiger partial charge on any atom is -0.481 e. The number of nitrogens with two attached hydrogens (primary N) is 1. The summed E-state index contributed by atoms with van der Waals surface area (Å²) in [6.45, 7) is 10.2. The highest BCUT2D eigenvalue weighted by atomic mass is 16.4. The zero-order valence-corrected chi connectivity index (χ0v) is 12.8. The van der Waals surface area contributed by atoms with Crippen molar-refractivity contribution in [1.29, 1.82) is 0 Å². The number of amides is 1. The van der Waals surface area contributed by atoms with Crippen molar-refractivity contribution in [2.24, 2.45) is 11.1 Å². The van der Waals surface area contributed by atoms with Gasteiger partial charge in [0.2, 0.25) is 5.91 Å². The summed E-state index contributed by atoms with van der Waals surface area (Å²) in [6.07, 6.45) is 1.29. The molecule has 0 aliphatic heterocycles. The fourth-order valence-corrected chi connectivity index (χ4v) is 2.16. The zero-order chi connectivity index (χ0) is 15.3. The molecule has 0 spiro atoms. The Bertz CT molecular complexity index is 309. The normalized spacial score (nSPS) is 12.3. The van der Waals surface area contributed by atoms with Crippen molar-refractivity contribution < 1.29 is 14.7 Å². The Hall–Kier alpha value is -1.10. The van der Waals surface area contributed by atoms with Crippen LogP contribution in [0.1, 0.15) is 53.9 Å². The van der Waals surface area contributed by atoms with Gasteiger partial charge in [-0.3, -0.25) is 9.59 Å². The first-order chi connectivity index (χ1) is 8.64. The van der Waals surface area contributed by atoms with Crippen molar-refractivity contribution in [3.8, 4) is 0 Å². The molecule has 19 heavy (non-hydrogen) atoms. The predicted molar refractivity (Wildman–Crippen MR) is 75.8 cm³/mol. The van der Waals surface area contributed by atoms with Gasteiger partial charge < -0.3 is 15.7 Å². The average Bonchev–Trinajstić information content (AvgIpc) is 2.30. The molecule has 0 saturated heterocycles. The number of rotatable bonds is 7. The molecular formula is C14H28N2O3. The third-order valence-electron chi connectivity index (χ3n) is 3.80. The van der Waals surface area contributed by atoms with Gasteiger partial charge in [0.05, 0.1) is 11.8 Å². The van der Waals surface area contributed by atoms with Gasteiger partial charge in [0, 0.05) is 18.6 Å². The van der Waals surface area contributed by atoms with E-state index in [1.54, 1.807) is 4.90 Å². The second kappa shape index (κ2) is 6.89. The van der Waals surface area contributed by atoms with E-state index in [0.717, 1.165) is 0 Å². The molecule has 0 aromatic rings. The molecule has 3 N–H and O–H groups in total. The first-order valence-corrected chi connectivity index (χ1v) is 6.88. The van der Waals surface area contributed by atoms with Crippen LogP contribution in [0.3, 0.4) is 0 Å². The quantitative estimate of drug-likeness (QED) is 0.741. The minimum absolute atomic E-state index is 0.0336. The summed E-state index contributed by atoms with van der Waals surface area (Å²) in [5, 5.41) is 8.82. The smallest absolute Gasteiger partial charge is 0.305 e. The molecule has 0 saturated carbocycles. The lowest BCUT2D eigenvalue weighted by molar-refractivity contribution is -0.148. The van der Waals surface area contributed by atoms with Gasteiger partial charge in [0.1, 0.15) is 0 Å². The number of carbonyl (C=O) groups excluding carboxylic acids is 1. The van der Waals surface area contributed by atoms with Crippen LogP contribution in [0.2, 0.25) is 0 Å². The van der Waals surface area contributed by atoms with Crippen molar-refractivity contribution in [2.75, 3.05) is 13.1 Å². The summed E-state index contributed by atoms with van der Waals surface area (Å²) >= 11 is 0. The van der Waals surface area contributed by atoms with Crippen molar-refractivity contribution >= 4 is 11.9 Å². The predicted octanol–water partition coefficient (Wildman–Crippen LogP) is 1.85. The van der Waals surface area contributed by atoms with Crippen LogP contribution in [-0.4, -0.2) is 40.5 Å². The molecule has 0 fully saturated rings. The van der Waals surface area contributed by atoms with Gasteiger partial charge >= 0.3 is 5.97 Å². The van der Waals surface area contributed by atoms with E-state index >= 15 is 0 Å². The van der Waals surface area contributed by atoms with Gasteiger partial charge in [-0.15, -0.1) is 0 Å². The van der Waals surface area contributed by atoms with Crippen LogP contribution in [0, 0.1) is 5.41 Å². The largest absolute Gasteiger partial charge is 0.481 e. The van der Waals surface area contributed by atoms with Crippen molar-refractivity contribution in [3.63, 3.8) is 0 Å². The molecule has 0 unspecified atom stereocenters. The Balaban J connectivity index is 5.25. The summed E-state index contributed by atoms with van der Waals surface area (Å²) < 4.78 is 0.